The van der Waals surface area contributed by atoms with Crippen LogP contribution in [0, 0.1) is 27.7 Å². The fourth-order valence-corrected chi connectivity index (χ4v) is 3.54. The van der Waals surface area contributed by atoms with Crippen molar-refractivity contribution in [2.75, 3.05) is 23.7 Å². The minimum absolute atomic E-state index is 0.178. The minimum atomic E-state index is -3.44. The topological polar surface area (TPSA) is 66.5 Å². The molecule has 5 nitrogen and oxygen atoms in total. The summed E-state index contributed by atoms with van der Waals surface area (Å²) in [7, 11) is -3.44. The van der Waals surface area contributed by atoms with Crippen LogP contribution in [-0.2, 0) is 10.0 Å². The molecular weight excluding hydrogens is 348 g/mol. The third-order valence-electron chi connectivity index (χ3n) is 4.55. The summed E-state index contributed by atoms with van der Waals surface area (Å²) in [5, 5.41) is 2.80. The van der Waals surface area contributed by atoms with Gasteiger partial charge >= 0.3 is 0 Å². The first-order valence-electron chi connectivity index (χ1n) is 8.50. The lowest BCUT2D eigenvalue weighted by molar-refractivity contribution is 0.0954. The average Bonchev–Trinajstić information content (AvgIpc) is 2.55. The first-order valence-corrected chi connectivity index (χ1v) is 10.3. The van der Waals surface area contributed by atoms with Crippen LogP contribution in [0.4, 0.5) is 5.69 Å². The highest BCUT2D eigenvalue weighted by Crippen LogP contribution is 2.20. The number of nitrogens with zero attached hydrogens (tertiary/aromatic N) is 1. The molecule has 140 valence electrons. The van der Waals surface area contributed by atoms with Crippen molar-refractivity contribution in [3.05, 3.63) is 64.2 Å². The number of carbonyl (C=O) groups excluding carboxylic acids is 1. The van der Waals surface area contributed by atoms with Crippen molar-refractivity contribution < 1.29 is 13.2 Å². The van der Waals surface area contributed by atoms with Crippen molar-refractivity contribution in [1.29, 1.82) is 0 Å². The summed E-state index contributed by atoms with van der Waals surface area (Å²) in [5.41, 5.74) is 5.48. The number of aryl methyl sites for hydroxylation is 4. The van der Waals surface area contributed by atoms with E-state index in [-0.39, 0.29) is 19.0 Å². The maximum atomic E-state index is 12.3. The Hall–Kier alpha value is -2.34. The molecule has 1 N–H and O–H groups in total. The van der Waals surface area contributed by atoms with Crippen LogP contribution in [0.5, 0.6) is 0 Å². The van der Waals surface area contributed by atoms with Crippen LogP contribution in [0.3, 0.4) is 0 Å². The molecule has 0 aliphatic carbocycles. The van der Waals surface area contributed by atoms with Gasteiger partial charge < -0.3 is 5.32 Å². The van der Waals surface area contributed by atoms with Gasteiger partial charge in [-0.2, -0.15) is 0 Å². The van der Waals surface area contributed by atoms with Crippen LogP contribution >= 0.6 is 0 Å². The molecule has 0 atom stereocenters. The second-order valence-corrected chi connectivity index (χ2v) is 8.57. The monoisotopic (exact) mass is 374 g/mol. The highest BCUT2D eigenvalue weighted by Gasteiger charge is 2.18. The van der Waals surface area contributed by atoms with Crippen molar-refractivity contribution in [2.24, 2.45) is 0 Å². The van der Waals surface area contributed by atoms with E-state index in [1.807, 2.05) is 52.0 Å². The molecule has 26 heavy (non-hydrogen) atoms. The molecule has 0 spiro atoms. The van der Waals surface area contributed by atoms with Crippen LogP contribution in [0.15, 0.2) is 36.4 Å². The smallest absolute Gasteiger partial charge is 0.251 e. The molecule has 0 saturated heterocycles. The lowest BCUT2D eigenvalue weighted by Crippen LogP contribution is -2.38. The minimum Gasteiger partial charge on any atom is -0.350 e. The second-order valence-electron chi connectivity index (χ2n) is 6.66. The van der Waals surface area contributed by atoms with E-state index < -0.39 is 10.0 Å². The predicted octanol–water partition coefficient (Wildman–Crippen LogP) is 3.12. The average molecular weight is 375 g/mol. The molecule has 2 rings (SSSR count). The number of anilines is 1. The van der Waals surface area contributed by atoms with Gasteiger partial charge in [-0.15, -0.1) is 0 Å². The van der Waals surface area contributed by atoms with E-state index in [9.17, 15) is 13.2 Å². The zero-order valence-electron chi connectivity index (χ0n) is 16.0. The number of nitrogens with one attached hydrogen (secondary N) is 1. The number of hydrogen-bond donors (Lipinski definition) is 1. The van der Waals surface area contributed by atoms with Crippen LogP contribution in [-0.4, -0.2) is 33.7 Å². The van der Waals surface area contributed by atoms with Gasteiger partial charge in [0.05, 0.1) is 18.5 Å². The summed E-state index contributed by atoms with van der Waals surface area (Å²) in [6.07, 6.45) is 1.17. The summed E-state index contributed by atoms with van der Waals surface area (Å²) in [6.45, 7) is 8.28. The third kappa shape index (κ3) is 4.85. The highest BCUT2D eigenvalue weighted by atomic mass is 32.2. The van der Waals surface area contributed by atoms with Crippen LogP contribution in [0.1, 0.15) is 32.6 Å². The van der Waals surface area contributed by atoms with Gasteiger partial charge in [0.2, 0.25) is 10.0 Å². The van der Waals surface area contributed by atoms with E-state index in [1.165, 1.54) is 10.6 Å². The van der Waals surface area contributed by atoms with Crippen LogP contribution in [0.2, 0.25) is 0 Å². The maximum absolute atomic E-state index is 12.3. The number of rotatable bonds is 6. The Labute approximate surface area is 156 Å². The second kappa shape index (κ2) is 7.91. The van der Waals surface area contributed by atoms with E-state index in [4.69, 9.17) is 0 Å². The molecule has 2 aromatic rings. The Kier molecular flexibility index (Phi) is 6.08. The molecular formula is C20H26N2O3S. The molecule has 0 saturated carbocycles. The van der Waals surface area contributed by atoms with Crippen molar-refractivity contribution in [1.82, 2.24) is 5.32 Å². The molecule has 0 heterocycles. The van der Waals surface area contributed by atoms with Crippen molar-refractivity contribution in [3.8, 4) is 0 Å². The SMILES string of the molecule is Cc1ccc(C(=O)NCCN(c2ccc(C)c(C)c2)S(C)(=O)=O)cc1C. The first-order chi connectivity index (χ1) is 12.1. The normalized spacial score (nSPS) is 11.3. The highest BCUT2D eigenvalue weighted by molar-refractivity contribution is 7.92. The van der Waals surface area contributed by atoms with E-state index in [2.05, 4.69) is 5.32 Å². The first kappa shape index (κ1) is 20.0. The standard InChI is InChI=1S/C20H26N2O3S/c1-14-6-8-18(12-16(14)3)20(23)21-10-11-22(26(5,24)25)19-9-7-15(2)17(4)13-19/h6-9,12-13H,10-11H2,1-5H3,(H,21,23). The maximum Gasteiger partial charge on any atom is 0.251 e. The molecule has 0 aromatic heterocycles. The van der Waals surface area contributed by atoms with Gasteiger partial charge in [0.15, 0.2) is 0 Å². The predicted molar refractivity (Wildman–Crippen MR) is 106 cm³/mol. The number of hydrogen-bond acceptors (Lipinski definition) is 3. The lowest BCUT2D eigenvalue weighted by atomic mass is 10.1. The Morgan fingerprint density at radius 1 is 0.923 bits per heavy atom. The van der Waals surface area contributed by atoms with Gasteiger partial charge in [-0.1, -0.05) is 12.1 Å². The molecule has 0 aliphatic heterocycles. The van der Waals surface area contributed by atoms with Gasteiger partial charge in [-0.25, -0.2) is 8.42 Å². The van der Waals surface area contributed by atoms with Gasteiger partial charge in [0.25, 0.3) is 5.91 Å². The molecule has 0 fully saturated rings. The van der Waals surface area contributed by atoms with Gasteiger partial charge in [0.1, 0.15) is 0 Å². The number of amides is 1. The Morgan fingerprint density at radius 3 is 2.04 bits per heavy atom. The molecule has 2 aromatic carbocycles. The molecule has 0 unspecified atom stereocenters. The number of benzene rings is 2. The van der Waals surface area contributed by atoms with E-state index in [1.54, 1.807) is 12.1 Å². The largest absolute Gasteiger partial charge is 0.350 e. The quantitative estimate of drug-likeness (QED) is 0.845. The molecule has 1 amide bonds. The van der Waals surface area contributed by atoms with Crippen LogP contribution < -0.4 is 9.62 Å². The fourth-order valence-electron chi connectivity index (χ4n) is 2.62. The Morgan fingerprint density at radius 2 is 1.50 bits per heavy atom. The molecule has 0 radical (unpaired) electrons. The summed E-state index contributed by atoms with van der Waals surface area (Å²) in [6, 6.07) is 11.0. The molecule has 0 bridgehead atoms. The van der Waals surface area contributed by atoms with Gasteiger partial charge in [-0.05, 0) is 74.2 Å². The summed E-state index contributed by atoms with van der Waals surface area (Å²) < 4.78 is 25.7. The molecule has 0 aliphatic rings. The zero-order valence-corrected chi connectivity index (χ0v) is 16.8. The van der Waals surface area contributed by atoms with Crippen molar-refractivity contribution >= 4 is 21.6 Å². The van der Waals surface area contributed by atoms with Gasteiger partial charge in [0, 0.05) is 12.1 Å². The summed E-state index contributed by atoms with van der Waals surface area (Å²) in [5.74, 6) is -0.207. The fraction of sp³-hybridized carbons (Fsp3) is 0.350. The van der Waals surface area contributed by atoms with Gasteiger partial charge in [-0.3, -0.25) is 9.10 Å². The summed E-state index contributed by atoms with van der Waals surface area (Å²) >= 11 is 0. The number of sulfonamides is 1. The molecule has 6 heteroatoms. The Balaban J connectivity index is 2.09. The Bertz CT molecular complexity index is 921. The summed E-state index contributed by atoms with van der Waals surface area (Å²) in [4.78, 5) is 12.3. The lowest BCUT2D eigenvalue weighted by Gasteiger charge is -2.23. The van der Waals surface area contributed by atoms with Crippen molar-refractivity contribution in [3.63, 3.8) is 0 Å². The van der Waals surface area contributed by atoms with Crippen LogP contribution in [0.25, 0.3) is 0 Å². The van der Waals surface area contributed by atoms with Crippen molar-refractivity contribution in [2.45, 2.75) is 27.7 Å². The van der Waals surface area contributed by atoms with E-state index in [0.717, 1.165) is 22.3 Å². The number of carbonyl (C=O) groups is 1. The zero-order chi connectivity index (χ0) is 19.5. The van der Waals surface area contributed by atoms with E-state index >= 15 is 0 Å². The third-order valence-corrected chi connectivity index (χ3v) is 5.74. The van der Waals surface area contributed by atoms with E-state index in [0.29, 0.717) is 11.3 Å².